The lowest BCUT2D eigenvalue weighted by Gasteiger charge is -2.17. The number of hydrogen-bond acceptors (Lipinski definition) is 2. The van der Waals surface area contributed by atoms with Gasteiger partial charge in [0.2, 0.25) is 0 Å². The minimum absolute atomic E-state index is 0.0579. The molecule has 3 rings (SSSR count). The summed E-state index contributed by atoms with van der Waals surface area (Å²) in [6.07, 6.45) is 17.0. The Morgan fingerprint density at radius 3 is 2.33 bits per heavy atom. The summed E-state index contributed by atoms with van der Waals surface area (Å²) in [5.41, 5.74) is 1.14. The Bertz CT molecular complexity index is 610. The molecule has 3 heteroatoms. The van der Waals surface area contributed by atoms with E-state index < -0.39 is 5.97 Å². The van der Waals surface area contributed by atoms with E-state index in [1.54, 1.807) is 0 Å². The summed E-state index contributed by atoms with van der Waals surface area (Å²) in [5.74, 6) is 2.18. The zero-order chi connectivity index (χ0) is 21.6. The van der Waals surface area contributed by atoms with Gasteiger partial charge in [-0.3, -0.25) is 4.79 Å². The van der Waals surface area contributed by atoms with Crippen LogP contribution >= 0.6 is 0 Å². The van der Waals surface area contributed by atoms with E-state index >= 15 is 0 Å². The Balaban J connectivity index is 0.000000326. The molecule has 0 amide bonds. The maximum absolute atomic E-state index is 10.8. The lowest BCUT2D eigenvalue weighted by Crippen LogP contribution is -2.15. The van der Waals surface area contributed by atoms with Gasteiger partial charge in [0.25, 0.3) is 0 Å². The molecule has 1 aromatic carbocycles. The number of ether oxygens (including phenoxy) is 1. The second-order valence-corrected chi connectivity index (χ2v) is 9.16. The number of fused-ring (bicyclic) bond motifs is 2. The largest absolute Gasteiger partial charge is 0.481 e. The minimum Gasteiger partial charge on any atom is -0.481 e. The molecule has 1 aromatic rings. The molecular weight excluding hydrogens is 372 g/mol. The standard InChI is InChI=1S/C19H30O3.C8H12/c1-2-3-4-5-6-10-13-18(14-15-19(20)21)22-16-17-11-8-7-9-12-17;1-6-4-7-2-3-8(6)5-7/h7-9,11-12,18H,2-6,10,13-16H2,1H3,(H,20,21);2-3,6-8H,4-5H2,1H3. The number of rotatable bonds is 13. The second kappa shape index (κ2) is 14.4. The summed E-state index contributed by atoms with van der Waals surface area (Å²) < 4.78 is 5.94. The average molecular weight is 415 g/mol. The zero-order valence-corrected chi connectivity index (χ0v) is 19.1. The van der Waals surface area contributed by atoms with Crippen molar-refractivity contribution in [3.63, 3.8) is 0 Å². The third-order valence-corrected chi connectivity index (χ3v) is 6.50. The van der Waals surface area contributed by atoms with E-state index in [2.05, 4.69) is 26.0 Å². The van der Waals surface area contributed by atoms with Crippen LogP contribution in [0.1, 0.15) is 90.0 Å². The molecule has 2 aliphatic rings. The van der Waals surface area contributed by atoms with Crippen molar-refractivity contribution < 1.29 is 14.6 Å². The summed E-state index contributed by atoms with van der Waals surface area (Å²) >= 11 is 0. The summed E-state index contributed by atoms with van der Waals surface area (Å²) in [5, 5.41) is 8.86. The van der Waals surface area contributed by atoms with Gasteiger partial charge in [0.1, 0.15) is 0 Å². The number of unbranched alkanes of at least 4 members (excludes halogenated alkanes) is 5. The first-order valence-corrected chi connectivity index (χ1v) is 12.1. The molecule has 0 aromatic heterocycles. The van der Waals surface area contributed by atoms with Crippen molar-refractivity contribution >= 4 is 5.97 Å². The highest BCUT2D eigenvalue weighted by molar-refractivity contribution is 5.66. The van der Waals surface area contributed by atoms with Gasteiger partial charge in [0, 0.05) is 6.42 Å². The molecule has 0 radical (unpaired) electrons. The first-order valence-electron chi connectivity index (χ1n) is 12.1. The van der Waals surface area contributed by atoms with Gasteiger partial charge >= 0.3 is 5.97 Å². The van der Waals surface area contributed by atoms with Crippen LogP contribution in [0.5, 0.6) is 0 Å². The van der Waals surface area contributed by atoms with Crippen LogP contribution in [0.3, 0.4) is 0 Å². The number of carboxylic acids is 1. The molecule has 4 unspecified atom stereocenters. The summed E-state index contributed by atoms with van der Waals surface area (Å²) in [4.78, 5) is 10.8. The van der Waals surface area contributed by atoms with Crippen LogP contribution in [-0.4, -0.2) is 17.2 Å². The lowest BCUT2D eigenvalue weighted by molar-refractivity contribution is -0.138. The molecule has 1 N–H and O–H groups in total. The molecule has 3 nitrogen and oxygen atoms in total. The van der Waals surface area contributed by atoms with Crippen LogP contribution in [-0.2, 0) is 16.1 Å². The van der Waals surface area contributed by atoms with E-state index in [-0.39, 0.29) is 12.5 Å². The Morgan fingerprint density at radius 1 is 1.03 bits per heavy atom. The third-order valence-electron chi connectivity index (χ3n) is 6.50. The second-order valence-electron chi connectivity index (χ2n) is 9.16. The van der Waals surface area contributed by atoms with Crippen LogP contribution in [0.4, 0.5) is 0 Å². The Hall–Kier alpha value is -1.61. The predicted octanol–water partition coefficient (Wildman–Crippen LogP) is 7.41. The first-order chi connectivity index (χ1) is 14.6. The topological polar surface area (TPSA) is 46.5 Å². The van der Waals surface area contributed by atoms with E-state index in [1.807, 2.05) is 30.3 Å². The molecule has 30 heavy (non-hydrogen) atoms. The highest BCUT2D eigenvalue weighted by atomic mass is 16.5. The summed E-state index contributed by atoms with van der Waals surface area (Å²) in [7, 11) is 0. The van der Waals surface area contributed by atoms with Crippen molar-refractivity contribution in [3.8, 4) is 0 Å². The van der Waals surface area contributed by atoms with Crippen LogP contribution in [0.25, 0.3) is 0 Å². The molecule has 4 atom stereocenters. The molecule has 0 heterocycles. The molecule has 168 valence electrons. The van der Waals surface area contributed by atoms with Gasteiger partial charge in [-0.1, -0.05) is 94.9 Å². The molecule has 2 aliphatic carbocycles. The van der Waals surface area contributed by atoms with E-state index in [1.165, 1.54) is 44.9 Å². The maximum Gasteiger partial charge on any atom is 0.303 e. The van der Waals surface area contributed by atoms with Gasteiger partial charge in [-0.25, -0.2) is 0 Å². The van der Waals surface area contributed by atoms with Crippen molar-refractivity contribution in [2.45, 2.75) is 97.2 Å². The minimum atomic E-state index is -0.740. The number of carboxylic acid groups (broad SMARTS) is 1. The van der Waals surface area contributed by atoms with Crippen LogP contribution in [0.15, 0.2) is 42.5 Å². The molecule has 0 spiro atoms. The SMILES string of the molecule is CC1CC2C=CC1C2.CCCCCCCCC(CCC(=O)O)OCc1ccccc1. The third kappa shape index (κ3) is 9.93. The van der Waals surface area contributed by atoms with Gasteiger partial charge < -0.3 is 9.84 Å². The number of hydrogen-bond donors (Lipinski definition) is 1. The highest BCUT2D eigenvalue weighted by Gasteiger charge is 2.32. The number of carbonyl (C=O) groups is 1. The maximum atomic E-state index is 10.8. The number of allylic oxidation sites excluding steroid dienone is 2. The molecule has 0 saturated heterocycles. The van der Waals surface area contributed by atoms with Crippen molar-refractivity contribution in [3.05, 3.63) is 48.0 Å². The Morgan fingerprint density at radius 2 is 1.77 bits per heavy atom. The van der Waals surface area contributed by atoms with Crippen LogP contribution in [0, 0.1) is 17.8 Å². The number of benzene rings is 1. The van der Waals surface area contributed by atoms with Crippen molar-refractivity contribution in [2.24, 2.45) is 17.8 Å². The molecule has 2 bridgehead atoms. The quantitative estimate of drug-likeness (QED) is 0.270. The lowest BCUT2D eigenvalue weighted by atomic mass is 9.96. The average Bonchev–Trinajstić information content (AvgIpc) is 3.35. The van der Waals surface area contributed by atoms with Gasteiger partial charge in [0.05, 0.1) is 12.7 Å². The fourth-order valence-electron chi connectivity index (χ4n) is 4.59. The molecule has 1 saturated carbocycles. The van der Waals surface area contributed by atoms with Gasteiger partial charge in [-0.15, -0.1) is 0 Å². The van der Waals surface area contributed by atoms with Crippen molar-refractivity contribution in [1.29, 1.82) is 0 Å². The normalized spacial score (nSPS) is 22.5. The van der Waals surface area contributed by atoms with E-state index in [4.69, 9.17) is 9.84 Å². The van der Waals surface area contributed by atoms with Gasteiger partial charge in [-0.05, 0) is 49.0 Å². The molecule has 0 aliphatic heterocycles. The fraction of sp³-hybridized carbons (Fsp3) is 0.667. The number of aliphatic carboxylic acids is 1. The van der Waals surface area contributed by atoms with Crippen molar-refractivity contribution in [1.82, 2.24) is 0 Å². The van der Waals surface area contributed by atoms with Crippen LogP contribution in [0.2, 0.25) is 0 Å². The smallest absolute Gasteiger partial charge is 0.303 e. The van der Waals surface area contributed by atoms with E-state index in [0.717, 1.165) is 36.2 Å². The fourth-order valence-corrected chi connectivity index (χ4v) is 4.59. The predicted molar refractivity (Wildman–Crippen MR) is 124 cm³/mol. The highest BCUT2D eigenvalue weighted by Crippen LogP contribution is 2.42. The Kier molecular flexibility index (Phi) is 11.8. The molecule has 1 fully saturated rings. The zero-order valence-electron chi connectivity index (χ0n) is 19.1. The summed E-state index contributed by atoms with van der Waals surface area (Å²) in [6.45, 7) is 5.16. The van der Waals surface area contributed by atoms with E-state index in [9.17, 15) is 4.79 Å². The monoisotopic (exact) mass is 414 g/mol. The first kappa shape index (κ1) is 24.7. The van der Waals surface area contributed by atoms with Gasteiger partial charge in [0.15, 0.2) is 0 Å². The Labute approximate surface area is 183 Å². The molecular formula is C27H42O3. The van der Waals surface area contributed by atoms with Gasteiger partial charge in [-0.2, -0.15) is 0 Å². The summed E-state index contributed by atoms with van der Waals surface area (Å²) in [6, 6.07) is 10.1. The van der Waals surface area contributed by atoms with Crippen molar-refractivity contribution in [2.75, 3.05) is 0 Å². The van der Waals surface area contributed by atoms with E-state index in [0.29, 0.717) is 13.0 Å². The van der Waals surface area contributed by atoms with Crippen LogP contribution < -0.4 is 0 Å².